The molecule has 0 atom stereocenters. The number of aromatic nitrogens is 1. The van der Waals surface area contributed by atoms with Gasteiger partial charge in [0.05, 0.1) is 11.1 Å². The average Bonchev–Trinajstić information content (AvgIpc) is 3.35. The van der Waals surface area contributed by atoms with Crippen molar-refractivity contribution in [3.8, 4) is 0 Å². The van der Waals surface area contributed by atoms with E-state index in [2.05, 4.69) is 123 Å². The number of carbonyl (C=O) groups is 4. The number of nitrogens with one attached hydrogen (secondary N) is 4. The summed E-state index contributed by atoms with van der Waals surface area (Å²) in [7, 11) is 0. The number of aryl methyl sites for hydroxylation is 8. The van der Waals surface area contributed by atoms with Gasteiger partial charge in [0.25, 0.3) is 23.6 Å². The molecule has 72 heavy (non-hydrogen) atoms. The molecule has 0 radical (unpaired) electrons. The van der Waals surface area contributed by atoms with Crippen molar-refractivity contribution < 1.29 is 19.2 Å². The van der Waals surface area contributed by atoms with Crippen LogP contribution >= 0.6 is 0 Å². The fourth-order valence-corrected chi connectivity index (χ4v) is 12.3. The maximum absolute atomic E-state index is 14.5. The maximum atomic E-state index is 14.5. The SMILES string of the molecule is Cc1cc2cc(C)c1NC(=O)c1cncc(c1)C(=O)Nc1c(C)cc(cc1C)C1(CCCCC1)c1cc(C)c(c(C)c1)NC(=O)c1cc(cc(C(C)(C)C)c1)C(=O)Nc1c(C)cc(cc1C)C21CCCCC1. The standard InChI is InChI=1S/C63H71N5O4/c1-36-22-49-23-37(2)53(36)65-57(69)44-30-45(33-48(32-44)61(9,10)11)58(70)66-54-38(3)24-50(25-39(54)4)63(20-16-13-17-21-63)52-28-42(7)56(43(8)29-52)68-60(72)47-31-46(34-64-35-47)59(71)67-55-40(5)26-51(27-41(55)6)62(49)18-14-12-15-19-62/h22-35H,12-21H2,1-11H3,(H,65,69)(H,66,70)(H,67,71)(H,68,72). The molecule has 9 heteroatoms. The van der Waals surface area contributed by atoms with Crippen molar-refractivity contribution in [2.45, 2.75) is 157 Å². The summed E-state index contributed by atoms with van der Waals surface area (Å²) in [4.78, 5) is 61.5. The molecule has 0 saturated heterocycles. The third-order valence-corrected chi connectivity index (χ3v) is 16.3. The Morgan fingerprint density at radius 2 is 0.611 bits per heavy atom. The Morgan fingerprint density at radius 3 is 0.875 bits per heavy atom. The predicted octanol–water partition coefficient (Wildman–Crippen LogP) is 14.7. The molecule has 4 N–H and O–H groups in total. The first-order chi connectivity index (χ1) is 34.2. The summed E-state index contributed by atoms with van der Waals surface area (Å²) in [5, 5.41) is 12.9. The zero-order chi connectivity index (χ0) is 51.4. The molecule has 12 aliphatic rings. The monoisotopic (exact) mass is 962 g/mol. The minimum absolute atomic E-state index is 0.269. The number of carbonyl (C=O) groups excluding carboxylic acids is 4. The van der Waals surface area contributed by atoms with E-state index in [0.29, 0.717) is 22.3 Å². The number of pyridine rings is 1. The molecule has 4 amide bonds. The van der Waals surface area contributed by atoms with E-state index in [1.54, 1.807) is 12.1 Å². The van der Waals surface area contributed by atoms with Crippen molar-refractivity contribution in [2.24, 2.45) is 0 Å². The molecule has 0 unspecified atom stereocenters. The minimum Gasteiger partial charge on any atom is -0.322 e. The molecular formula is C63H71N5O4. The lowest BCUT2D eigenvalue weighted by molar-refractivity contribution is 0.101. The van der Waals surface area contributed by atoms with Crippen LogP contribution in [0.3, 0.4) is 0 Å². The number of anilines is 4. The van der Waals surface area contributed by atoms with Crippen LogP contribution in [0.2, 0.25) is 0 Å². The molecule has 372 valence electrons. The highest BCUT2D eigenvalue weighted by molar-refractivity contribution is 6.11. The van der Waals surface area contributed by atoms with Crippen LogP contribution in [0.25, 0.3) is 0 Å². The van der Waals surface area contributed by atoms with Gasteiger partial charge in [0.2, 0.25) is 0 Å². The summed E-state index contributed by atoms with van der Waals surface area (Å²) in [5.41, 5.74) is 16.9. The van der Waals surface area contributed by atoms with E-state index in [0.717, 1.165) is 137 Å². The number of rotatable bonds is 0. The second kappa shape index (κ2) is 19.3. The first-order valence-electron chi connectivity index (χ1n) is 26.0. The summed E-state index contributed by atoms with van der Waals surface area (Å²) < 4.78 is 0. The molecular weight excluding hydrogens is 891 g/mol. The molecule has 6 aromatic rings. The third-order valence-electron chi connectivity index (χ3n) is 16.3. The molecule has 2 saturated carbocycles. The molecule has 18 rings (SSSR count). The molecule has 1 aromatic heterocycles. The Balaban J connectivity index is 1.17. The Labute approximate surface area is 426 Å². The first-order valence-corrected chi connectivity index (χ1v) is 26.0. The van der Waals surface area contributed by atoms with Gasteiger partial charge in [0.15, 0.2) is 0 Å². The van der Waals surface area contributed by atoms with Crippen LogP contribution in [0.15, 0.2) is 85.2 Å². The molecule has 5 aromatic carbocycles. The van der Waals surface area contributed by atoms with Gasteiger partial charge >= 0.3 is 0 Å². The largest absolute Gasteiger partial charge is 0.322 e. The van der Waals surface area contributed by atoms with E-state index in [-0.39, 0.29) is 39.9 Å². The topological polar surface area (TPSA) is 129 Å². The van der Waals surface area contributed by atoms with E-state index in [9.17, 15) is 19.2 Å². The van der Waals surface area contributed by atoms with Gasteiger partial charge in [-0.2, -0.15) is 0 Å². The second-order valence-corrected chi connectivity index (χ2v) is 22.6. The molecule has 10 aliphatic heterocycles. The molecule has 2 spiro atoms. The van der Waals surface area contributed by atoms with Gasteiger partial charge in [-0.15, -0.1) is 0 Å². The lowest BCUT2D eigenvalue weighted by Crippen LogP contribution is -2.31. The molecule has 12 bridgehead atoms. The molecule has 2 fully saturated rings. The highest BCUT2D eigenvalue weighted by atomic mass is 16.2. The summed E-state index contributed by atoms with van der Waals surface area (Å²) in [6, 6.07) is 25.0. The lowest BCUT2D eigenvalue weighted by atomic mass is 9.64. The summed E-state index contributed by atoms with van der Waals surface area (Å²) >= 11 is 0. The van der Waals surface area contributed by atoms with Crippen LogP contribution in [0.1, 0.15) is 199 Å². The number of hydrogen-bond acceptors (Lipinski definition) is 5. The fourth-order valence-electron chi connectivity index (χ4n) is 12.3. The van der Waals surface area contributed by atoms with Crippen LogP contribution in [0.5, 0.6) is 0 Å². The van der Waals surface area contributed by atoms with E-state index in [1.165, 1.54) is 34.6 Å². The zero-order valence-electron chi connectivity index (χ0n) is 44.2. The van der Waals surface area contributed by atoms with Crippen molar-refractivity contribution in [3.63, 3.8) is 0 Å². The van der Waals surface area contributed by atoms with Crippen molar-refractivity contribution in [1.29, 1.82) is 0 Å². The van der Waals surface area contributed by atoms with Crippen LogP contribution in [-0.4, -0.2) is 28.6 Å². The Morgan fingerprint density at radius 1 is 0.361 bits per heavy atom. The number of hydrogen-bond donors (Lipinski definition) is 4. The Hall–Kier alpha value is -6.87. The normalized spacial score (nSPS) is 17.0. The quantitative estimate of drug-likeness (QED) is 0.120. The Bertz CT molecular complexity index is 2910. The van der Waals surface area contributed by atoms with Crippen molar-refractivity contribution in [2.75, 3.05) is 21.3 Å². The van der Waals surface area contributed by atoms with E-state index < -0.39 is 0 Å². The van der Waals surface area contributed by atoms with Gasteiger partial charge in [-0.3, -0.25) is 24.2 Å². The van der Waals surface area contributed by atoms with Crippen LogP contribution < -0.4 is 21.3 Å². The minimum atomic E-state index is -0.339. The van der Waals surface area contributed by atoms with Gasteiger partial charge in [-0.1, -0.05) is 108 Å². The van der Waals surface area contributed by atoms with Gasteiger partial charge in [-0.25, -0.2) is 0 Å². The van der Waals surface area contributed by atoms with Crippen molar-refractivity contribution in [1.82, 2.24) is 4.98 Å². The zero-order valence-corrected chi connectivity index (χ0v) is 44.2. The third kappa shape index (κ3) is 9.39. The number of benzene rings is 5. The van der Waals surface area contributed by atoms with Gasteiger partial charge < -0.3 is 21.3 Å². The van der Waals surface area contributed by atoms with Crippen molar-refractivity contribution >= 4 is 46.4 Å². The summed E-state index contributed by atoms with van der Waals surface area (Å²) in [6.07, 6.45) is 13.6. The highest BCUT2D eigenvalue weighted by Crippen LogP contribution is 2.49. The average molecular weight is 962 g/mol. The predicted molar refractivity (Wildman–Crippen MR) is 293 cm³/mol. The summed E-state index contributed by atoms with van der Waals surface area (Å²) in [6.45, 7) is 22.7. The second-order valence-electron chi connectivity index (χ2n) is 22.6. The van der Waals surface area contributed by atoms with Crippen LogP contribution in [0.4, 0.5) is 22.7 Å². The van der Waals surface area contributed by atoms with Crippen molar-refractivity contribution in [3.05, 3.63) is 180 Å². The van der Waals surface area contributed by atoms with E-state index in [1.807, 2.05) is 39.8 Å². The van der Waals surface area contributed by atoms with Gasteiger partial charge in [0, 0.05) is 57.1 Å². The van der Waals surface area contributed by atoms with E-state index in [4.69, 9.17) is 0 Å². The van der Waals surface area contributed by atoms with Gasteiger partial charge in [0.1, 0.15) is 0 Å². The summed E-state index contributed by atoms with van der Waals surface area (Å²) in [5.74, 6) is -1.21. The van der Waals surface area contributed by atoms with E-state index >= 15 is 0 Å². The maximum Gasteiger partial charge on any atom is 0.257 e. The van der Waals surface area contributed by atoms with Crippen LogP contribution in [0, 0.1) is 55.4 Å². The number of nitrogens with zero attached hydrogens (tertiary/aromatic N) is 1. The Kier molecular flexibility index (Phi) is 13.4. The molecule has 2 aliphatic carbocycles. The fraction of sp³-hybridized carbons (Fsp3) is 0.381. The lowest BCUT2D eigenvalue weighted by Gasteiger charge is -2.40. The smallest absolute Gasteiger partial charge is 0.257 e. The number of amides is 4. The molecule has 11 heterocycles. The van der Waals surface area contributed by atoms with Crippen LogP contribution in [-0.2, 0) is 16.2 Å². The first kappa shape index (κ1) is 50.1. The highest BCUT2D eigenvalue weighted by Gasteiger charge is 2.39. The molecule has 9 nitrogen and oxygen atoms in total. The van der Waals surface area contributed by atoms with Gasteiger partial charge in [-0.05, 0) is 183 Å².